The third-order valence-corrected chi connectivity index (χ3v) is 4.74. The maximum absolute atomic E-state index is 4.93. The van der Waals surface area contributed by atoms with Crippen molar-refractivity contribution in [2.75, 3.05) is 27.2 Å². The van der Waals surface area contributed by atoms with Crippen molar-refractivity contribution in [1.82, 2.24) is 4.90 Å². The molecule has 0 aromatic heterocycles. The van der Waals surface area contributed by atoms with Gasteiger partial charge in [-0.15, -0.1) is 11.8 Å². The summed E-state index contributed by atoms with van der Waals surface area (Å²) in [6, 6.07) is 17.3. The first-order chi connectivity index (χ1) is 10.3. The van der Waals surface area contributed by atoms with Crippen molar-refractivity contribution < 1.29 is 0 Å². The number of benzene rings is 2. The van der Waals surface area contributed by atoms with Gasteiger partial charge < -0.3 is 4.90 Å². The van der Waals surface area contributed by atoms with E-state index in [4.69, 9.17) is 4.99 Å². The fourth-order valence-electron chi connectivity index (χ4n) is 2.50. The SMILES string of the molecule is CN(C)CC/N=C1\c2ccccc2CSc2ccccc21. The Morgan fingerprint density at radius 2 is 1.71 bits per heavy atom. The molecule has 1 aliphatic rings. The van der Waals surface area contributed by atoms with Gasteiger partial charge in [-0.25, -0.2) is 0 Å². The summed E-state index contributed by atoms with van der Waals surface area (Å²) in [6.45, 7) is 1.80. The zero-order valence-electron chi connectivity index (χ0n) is 12.5. The number of aliphatic imine (C=N–C) groups is 1. The van der Waals surface area contributed by atoms with Crippen molar-refractivity contribution in [1.29, 1.82) is 0 Å². The third kappa shape index (κ3) is 3.20. The molecule has 0 atom stereocenters. The first-order valence-corrected chi connectivity index (χ1v) is 8.24. The van der Waals surface area contributed by atoms with E-state index in [0.717, 1.165) is 24.6 Å². The Bertz CT molecular complexity index is 612. The molecule has 108 valence electrons. The van der Waals surface area contributed by atoms with Gasteiger partial charge >= 0.3 is 0 Å². The first kappa shape index (κ1) is 14.4. The lowest BCUT2D eigenvalue weighted by Crippen LogP contribution is -2.17. The van der Waals surface area contributed by atoms with Crippen LogP contribution < -0.4 is 0 Å². The molecule has 0 amide bonds. The topological polar surface area (TPSA) is 15.6 Å². The number of hydrogen-bond acceptors (Lipinski definition) is 3. The summed E-state index contributed by atoms with van der Waals surface area (Å²) >= 11 is 1.90. The molecule has 0 saturated carbocycles. The fraction of sp³-hybridized carbons (Fsp3) is 0.278. The van der Waals surface area contributed by atoms with Crippen LogP contribution in [-0.4, -0.2) is 37.8 Å². The van der Waals surface area contributed by atoms with Crippen LogP contribution >= 0.6 is 11.8 Å². The lowest BCUT2D eigenvalue weighted by molar-refractivity contribution is 0.420. The molecule has 0 unspecified atom stereocenters. The van der Waals surface area contributed by atoms with Gasteiger partial charge in [0.15, 0.2) is 0 Å². The summed E-state index contributed by atoms with van der Waals surface area (Å²) in [7, 11) is 4.18. The number of thioether (sulfide) groups is 1. The Labute approximate surface area is 130 Å². The minimum absolute atomic E-state index is 0.829. The Morgan fingerprint density at radius 3 is 2.52 bits per heavy atom. The van der Waals surface area contributed by atoms with Gasteiger partial charge in [-0.2, -0.15) is 0 Å². The normalized spacial score (nSPS) is 15.7. The van der Waals surface area contributed by atoms with Crippen molar-refractivity contribution in [2.24, 2.45) is 4.99 Å². The number of fused-ring (bicyclic) bond motifs is 2. The van der Waals surface area contributed by atoms with Gasteiger partial charge in [0, 0.05) is 28.3 Å². The second-order valence-corrected chi connectivity index (χ2v) is 6.49. The van der Waals surface area contributed by atoms with E-state index >= 15 is 0 Å². The quantitative estimate of drug-likeness (QED) is 0.858. The summed E-state index contributed by atoms with van der Waals surface area (Å²) < 4.78 is 0. The van der Waals surface area contributed by atoms with Crippen LogP contribution in [0.15, 0.2) is 58.4 Å². The van der Waals surface area contributed by atoms with Crippen molar-refractivity contribution in [3.63, 3.8) is 0 Å². The fourth-order valence-corrected chi connectivity index (χ4v) is 3.56. The smallest absolute Gasteiger partial charge is 0.0733 e. The second kappa shape index (κ2) is 6.46. The van der Waals surface area contributed by atoms with Crippen LogP contribution in [0.5, 0.6) is 0 Å². The highest BCUT2D eigenvalue weighted by atomic mass is 32.2. The molecule has 3 heteroatoms. The first-order valence-electron chi connectivity index (χ1n) is 7.25. The van der Waals surface area contributed by atoms with Gasteiger partial charge in [-0.3, -0.25) is 4.99 Å². The minimum atomic E-state index is 0.829. The molecule has 0 fully saturated rings. The molecule has 0 N–H and O–H groups in total. The largest absolute Gasteiger partial charge is 0.308 e. The monoisotopic (exact) mass is 296 g/mol. The van der Waals surface area contributed by atoms with E-state index in [9.17, 15) is 0 Å². The van der Waals surface area contributed by atoms with E-state index < -0.39 is 0 Å². The van der Waals surface area contributed by atoms with Crippen LogP contribution in [-0.2, 0) is 5.75 Å². The molecule has 1 heterocycles. The Hall–Kier alpha value is -1.58. The second-order valence-electron chi connectivity index (χ2n) is 5.48. The molecule has 0 aliphatic carbocycles. The van der Waals surface area contributed by atoms with Crippen LogP contribution in [0.25, 0.3) is 0 Å². The van der Waals surface area contributed by atoms with E-state index in [0.29, 0.717) is 0 Å². The van der Waals surface area contributed by atoms with E-state index in [1.165, 1.54) is 21.6 Å². The lowest BCUT2D eigenvalue weighted by atomic mass is 9.98. The molecule has 0 bridgehead atoms. The average molecular weight is 296 g/mol. The molecule has 1 aliphatic heterocycles. The van der Waals surface area contributed by atoms with E-state index in [2.05, 4.69) is 67.5 Å². The lowest BCUT2D eigenvalue weighted by Gasteiger charge is -2.12. The minimum Gasteiger partial charge on any atom is -0.308 e. The molecular formula is C18H20N2S. The van der Waals surface area contributed by atoms with E-state index in [1.807, 2.05) is 11.8 Å². The number of likely N-dealkylation sites (N-methyl/N-ethyl adjacent to an activating group) is 1. The zero-order chi connectivity index (χ0) is 14.7. The van der Waals surface area contributed by atoms with Gasteiger partial charge in [0.25, 0.3) is 0 Å². The number of hydrogen-bond donors (Lipinski definition) is 0. The van der Waals surface area contributed by atoms with Gasteiger partial charge in [0.1, 0.15) is 0 Å². The van der Waals surface area contributed by atoms with Crippen LogP contribution in [0.3, 0.4) is 0 Å². The molecule has 0 radical (unpaired) electrons. The molecule has 0 saturated heterocycles. The van der Waals surface area contributed by atoms with Gasteiger partial charge in [-0.1, -0.05) is 42.5 Å². The van der Waals surface area contributed by atoms with Crippen LogP contribution in [0, 0.1) is 0 Å². The summed E-state index contributed by atoms with van der Waals surface area (Å²) in [5.74, 6) is 1.01. The summed E-state index contributed by atoms with van der Waals surface area (Å²) in [5, 5.41) is 0. The van der Waals surface area contributed by atoms with Crippen LogP contribution in [0.1, 0.15) is 16.7 Å². The van der Waals surface area contributed by atoms with Gasteiger partial charge in [0.2, 0.25) is 0 Å². The summed E-state index contributed by atoms with van der Waals surface area (Å²) in [4.78, 5) is 8.43. The van der Waals surface area contributed by atoms with Crippen molar-refractivity contribution in [2.45, 2.75) is 10.6 Å². The van der Waals surface area contributed by atoms with Gasteiger partial charge in [-0.05, 0) is 25.7 Å². The summed E-state index contributed by atoms with van der Waals surface area (Å²) in [5.41, 5.74) is 5.08. The highest BCUT2D eigenvalue weighted by Gasteiger charge is 2.18. The zero-order valence-corrected chi connectivity index (χ0v) is 13.4. The highest BCUT2D eigenvalue weighted by molar-refractivity contribution is 7.98. The Morgan fingerprint density at radius 1 is 1.00 bits per heavy atom. The third-order valence-electron chi connectivity index (χ3n) is 3.61. The highest BCUT2D eigenvalue weighted by Crippen LogP contribution is 2.33. The number of rotatable bonds is 3. The number of nitrogens with zero attached hydrogens (tertiary/aromatic N) is 2. The van der Waals surface area contributed by atoms with Crippen LogP contribution in [0.4, 0.5) is 0 Å². The summed E-state index contributed by atoms with van der Waals surface area (Å²) in [6.07, 6.45) is 0. The van der Waals surface area contributed by atoms with Crippen molar-refractivity contribution >= 4 is 17.5 Å². The van der Waals surface area contributed by atoms with E-state index in [-0.39, 0.29) is 0 Å². The van der Waals surface area contributed by atoms with Gasteiger partial charge in [0.05, 0.1) is 12.3 Å². The molecule has 21 heavy (non-hydrogen) atoms. The van der Waals surface area contributed by atoms with Crippen molar-refractivity contribution in [3.8, 4) is 0 Å². The average Bonchev–Trinajstić information content (AvgIpc) is 2.65. The predicted octanol–water partition coefficient (Wildman–Crippen LogP) is 3.69. The van der Waals surface area contributed by atoms with E-state index in [1.54, 1.807) is 0 Å². The molecule has 0 spiro atoms. The molecule has 2 nitrogen and oxygen atoms in total. The Balaban J connectivity index is 2.07. The predicted molar refractivity (Wildman–Crippen MR) is 91.5 cm³/mol. The standard InChI is InChI=1S/C18H20N2S/c1-20(2)12-11-19-18-15-8-4-3-7-14(15)13-21-17-10-6-5-9-16(17)18/h3-10H,11-13H2,1-2H3/b19-18+. The molecular weight excluding hydrogens is 276 g/mol. The molecule has 2 aromatic carbocycles. The maximum Gasteiger partial charge on any atom is 0.0733 e. The molecule has 2 aromatic rings. The Kier molecular flexibility index (Phi) is 4.42. The van der Waals surface area contributed by atoms with Crippen LogP contribution in [0.2, 0.25) is 0 Å². The maximum atomic E-state index is 4.93. The molecule has 3 rings (SSSR count). The van der Waals surface area contributed by atoms with Crippen molar-refractivity contribution in [3.05, 3.63) is 65.2 Å².